The quantitative estimate of drug-likeness (QED) is 0.750. The Hall–Kier alpha value is -0.150. The number of hydrogen-bond donors (Lipinski definition) is 1. The molecule has 2 rings (SSSR count). The van der Waals surface area contributed by atoms with Crippen LogP contribution in [0.4, 0.5) is 4.39 Å². The van der Waals surface area contributed by atoms with E-state index in [0.717, 1.165) is 25.6 Å². The fourth-order valence-corrected chi connectivity index (χ4v) is 2.91. The van der Waals surface area contributed by atoms with E-state index >= 15 is 0 Å². The maximum absolute atomic E-state index is 12.3. The summed E-state index contributed by atoms with van der Waals surface area (Å²) >= 11 is 0. The van der Waals surface area contributed by atoms with Crippen LogP contribution < -0.4 is 5.32 Å². The zero-order valence-electron chi connectivity index (χ0n) is 10.4. The van der Waals surface area contributed by atoms with Crippen molar-refractivity contribution >= 4 is 0 Å². The predicted octanol–water partition coefficient (Wildman–Crippen LogP) is 2.20. The van der Waals surface area contributed by atoms with Crippen LogP contribution in [0.5, 0.6) is 0 Å². The van der Waals surface area contributed by atoms with Crippen molar-refractivity contribution in [1.82, 2.24) is 10.2 Å². The minimum atomic E-state index is -0.167. The Bertz CT molecular complexity index is 206. The third-order valence-electron chi connectivity index (χ3n) is 3.92. The molecule has 1 saturated carbocycles. The molecule has 0 bridgehead atoms. The third-order valence-corrected chi connectivity index (χ3v) is 3.92. The molecule has 1 saturated heterocycles. The first kappa shape index (κ1) is 12.3. The van der Waals surface area contributed by atoms with Crippen molar-refractivity contribution in [2.75, 3.05) is 26.3 Å². The normalized spacial score (nSPS) is 31.9. The van der Waals surface area contributed by atoms with Gasteiger partial charge in [-0.25, -0.2) is 0 Å². The first-order valence-electron chi connectivity index (χ1n) is 6.88. The lowest BCUT2D eigenvalue weighted by molar-refractivity contribution is 0.108. The molecular formula is C13H25FN2. The largest absolute Gasteiger partial charge is 0.311 e. The van der Waals surface area contributed by atoms with Gasteiger partial charge in [0.25, 0.3) is 0 Å². The summed E-state index contributed by atoms with van der Waals surface area (Å²) in [5.74, 6) is 0.898. The first-order chi connectivity index (χ1) is 7.85. The predicted molar refractivity (Wildman–Crippen MR) is 65.4 cm³/mol. The molecule has 1 heterocycles. The van der Waals surface area contributed by atoms with Crippen molar-refractivity contribution in [3.8, 4) is 0 Å². The van der Waals surface area contributed by atoms with Crippen LogP contribution in [0.3, 0.4) is 0 Å². The van der Waals surface area contributed by atoms with Crippen molar-refractivity contribution in [1.29, 1.82) is 0 Å². The van der Waals surface area contributed by atoms with E-state index < -0.39 is 0 Å². The van der Waals surface area contributed by atoms with Crippen LogP contribution in [0.25, 0.3) is 0 Å². The fourth-order valence-electron chi connectivity index (χ4n) is 2.91. The summed E-state index contributed by atoms with van der Waals surface area (Å²) < 4.78 is 12.3. The lowest BCUT2D eigenvalue weighted by Gasteiger charge is -2.40. The lowest BCUT2D eigenvalue weighted by atomic mass is 10.0. The van der Waals surface area contributed by atoms with E-state index in [1.165, 1.54) is 25.7 Å². The second-order valence-electron chi connectivity index (χ2n) is 5.34. The highest BCUT2D eigenvalue weighted by Gasteiger charge is 2.38. The highest BCUT2D eigenvalue weighted by molar-refractivity contribution is 4.94. The molecule has 1 aliphatic heterocycles. The molecule has 3 heteroatoms. The fraction of sp³-hybridized carbons (Fsp3) is 1.00. The van der Waals surface area contributed by atoms with E-state index in [-0.39, 0.29) is 6.67 Å². The lowest BCUT2D eigenvalue weighted by Crippen LogP contribution is -2.57. The Morgan fingerprint density at radius 1 is 1.38 bits per heavy atom. The number of piperazine rings is 1. The highest BCUT2D eigenvalue weighted by Crippen LogP contribution is 2.36. The maximum atomic E-state index is 12.3. The molecule has 2 fully saturated rings. The molecule has 0 radical (unpaired) electrons. The van der Waals surface area contributed by atoms with Crippen molar-refractivity contribution in [2.24, 2.45) is 5.92 Å². The van der Waals surface area contributed by atoms with Gasteiger partial charge in [0.15, 0.2) is 0 Å². The van der Waals surface area contributed by atoms with Gasteiger partial charge < -0.3 is 5.32 Å². The van der Waals surface area contributed by atoms with Gasteiger partial charge >= 0.3 is 0 Å². The minimum Gasteiger partial charge on any atom is -0.311 e. The molecule has 1 aliphatic carbocycles. The van der Waals surface area contributed by atoms with E-state index in [4.69, 9.17) is 0 Å². The van der Waals surface area contributed by atoms with E-state index in [1.807, 2.05) is 0 Å². The molecule has 2 atom stereocenters. The molecule has 0 aromatic rings. The van der Waals surface area contributed by atoms with E-state index in [2.05, 4.69) is 17.1 Å². The summed E-state index contributed by atoms with van der Waals surface area (Å²) in [6.07, 6.45) is 5.97. The number of halogens is 1. The Balaban J connectivity index is 1.84. The Labute approximate surface area is 98.6 Å². The second kappa shape index (κ2) is 5.97. The summed E-state index contributed by atoms with van der Waals surface area (Å²) in [6.45, 7) is 5.29. The summed E-state index contributed by atoms with van der Waals surface area (Å²) in [7, 11) is 0. The van der Waals surface area contributed by atoms with Crippen LogP contribution in [-0.2, 0) is 0 Å². The van der Waals surface area contributed by atoms with E-state index in [1.54, 1.807) is 0 Å². The van der Waals surface area contributed by atoms with Crippen LogP contribution in [0.2, 0.25) is 0 Å². The first-order valence-corrected chi connectivity index (χ1v) is 6.88. The number of nitrogens with zero attached hydrogens (tertiary/aromatic N) is 1. The summed E-state index contributed by atoms with van der Waals surface area (Å²) in [4.78, 5) is 2.55. The average molecular weight is 228 g/mol. The molecule has 2 aliphatic rings. The number of hydrogen-bond acceptors (Lipinski definition) is 2. The molecular weight excluding hydrogens is 203 g/mol. The van der Waals surface area contributed by atoms with Gasteiger partial charge in [-0.15, -0.1) is 0 Å². The Kier molecular flexibility index (Phi) is 4.59. The van der Waals surface area contributed by atoms with Gasteiger partial charge in [0.1, 0.15) is 0 Å². The zero-order chi connectivity index (χ0) is 11.4. The van der Waals surface area contributed by atoms with E-state index in [9.17, 15) is 4.39 Å². The van der Waals surface area contributed by atoms with Crippen LogP contribution in [0.1, 0.15) is 39.0 Å². The van der Waals surface area contributed by atoms with Crippen molar-refractivity contribution in [3.63, 3.8) is 0 Å². The molecule has 0 spiro atoms. The van der Waals surface area contributed by atoms with Gasteiger partial charge in [-0.1, -0.05) is 13.3 Å². The van der Waals surface area contributed by atoms with Gasteiger partial charge in [0, 0.05) is 31.7 Å². The van der Waals surface area contributed by atoms with Gasteiger partial charge in [0.2, 0.25) is 0 Å². The molecule has 0 aromatic carbocycles. The number of nitrogens with one attached hydrogen (secondary N) is 1. The molecule has 2 nitrogen and oxygen atoms in total. The van der Waals surface area contributed by atoms with Gasteiger partial charge in [0.05, 0.1) is 6.67 Å². The standard InChI is InChI=1S/C13H25FN2/c1-2-4-12-10-16(8-3-7-14)13(9-15-12)11-5-6-11/h11-13,15H,2-10H2,1H3. The van der Waals surface area contributed by atoms with Crippen LogP contribution in [-0.4, -0.2) is 43.3 Å². The van der Waals surface area contributed by atoms with Crippen molar-refractivity contribution in [2.45, 2.75) is 51.1 Å². The Morgan fingerprint density at radius 2 is 2.19 bits per heavy atom. The highest BCUT2D eigenvalue weighted by atomic mass is 19.1. The summed E-state index contributed by atoms with van der Waals surface area (Å²) in [5.41, 5.74) is 0. The summed E-state index contributed by atoms with van der Waals surface area (Å²) in [6, 6.07) is 1.33. The molecule has 16 heavy (non-hydrogen) atoms. The van der Waals surface area contributed by atoms with Crippen LogP contribution in [0, 0.1) is 5.92 Å². The van der Waals surface area contributed by atoms with Gasteiger partial charge in [-0.2, -0.15) is 0 Å². The SMILES string of the molecule is CCCC1CN(CCCF)C(C2CC2)CN1. The van der Waals surface area contributed by atoms with Gasteiger partial charge in [-0.05, 0) is 31.6 Å². The molecule has 0 amide bonds. The Morgan fingerprint density at radius 3 is 2.81 bits per heavy atom. The number of rotatable bonds is 6. The van der Waals surface area contributed by atoms with E-state index in [0.29, 0.717) is 18.5 Å². The summed E-state index contributed by atoms with van der Waals surface area (Å²) in [5, 5.41) is 3.66. The van der Waals surface area contributed by atoms with Crippen LogP contribution >= 0.6 is 0 Å². The molecule has 94 valence electrons. The topological polar surface area (TPSA) is 15.3 Å². The van der Waals surface area contributed by atoms with Gasteiger partial charge in [-0.3, -0.25) is 9.29 Å². The maximum Gasteiger partial charge on any atom is 0.0906 e. The van der Waals surface area contributed by atoms with Crippen molar-refractivity contribution in [3.05, 3.63) is 0 Å². The number of alkyl halides is 1. The van der Waals surface area contributed by atoms with Crippen LogP contribution in [0.15, 0.2) is 0 Å². The minimum absolute atomic E-state index is 0.167. The smallest absolute Gasteiger partial charge is 0.0906 e. The third kappa shape index (κ3) is 3.17. The molecule has 2 unspecified atom stereocenters. The molecule has 1 N–H and O–H groups in total. The second-order valence-corrected chi connectivity index (χ2v) is 5.34. The molecule has 0 aromatic heterocycles. The monoisotopic (exact) mass is 228 g/mol. The zero-order valence-corrected chi connectivity index (χ0v) is 10.4. The van der Waals surface area contributed by atoms with Crippen molar-refractivity contribution < 1.29 is 4.39 Å². The average Bonchev–Trinajstić information content (AvgIpc) is 3.11.